The summed E-state index contributed by atoms with van der Waals surface area (Å²) < 4.78 is 0. The molecule has 3 aromatic rings. The van der Waals surface area contributed by atoms with Gasteiger partial charge in [-0.2, -0.15) is 0 Å². The maximum absolute atomic E-state index is 12.2. The van der Waals surface area contributed by atoms with Gasteiger partial charge in [0.25, 0.3) is 5.91 Å². The zero-order valence-electron chi connectivity index (χ0n) is 10.7. The number of amides is 1. The Morgan fingerprint density at radius 1 is 1.10 bits per heavy atom. The van der Waals surface area contributed by atoms with E-state index in [1.54, 1.807) is 18.2 Å². The van der Waals surface area contributed by atoms with E-state index < -0.39 is 0 Å². The van der Waals surface area contributed by atoms with Gasteiger partial charge in [-0.1, -0.05) is 41.4 Å². The van der Waals surface area contributed by atoms with Crippen LogP contribution in [0.3, 0.4) is 0 Å². The molecule has 2 heterocycles. The van der Waals surface area contributed by atoms with Gasteiger partial charge in [-0.15, -0.1) is 0 Å². The lowest BCUT2D eigenvalue weighted by atomic mass is 10.2. The lowest BCUT2D eigenvalue weighted by Crippen LogP contribution is -2.13. The molecular formula is C15H9Cl2N3O. The van der Waals surface area contributed by atoms with Crippen LogP contribution in [0.15, 0.2) is 48.7 Å². The predicted molar refractivity (Wildman–Crippen MR) is 84.0 cm³/mol. The molecule has 0 spiro atoms. The van der Waals surface area contributed by atoms with Gasteiger partial charge in [-0.25, -0.2) is 9.97 Å². The zero-order chi connectivity index (χ0) is 14.8. The summed E-state index contributed by atoms with van der Waals surface area (Å²) in [6.45, 7) is 0. The number of halogens is 2. The van der Waals surface area contributed by atoms with Crippen LogP contribution in [-0.4, -0.2) is 15.9 Å². The van der Waals surface area contributed by atoms with Crippen LogP contribution in [0.4, 0.5) is 5.69 Å². The van der Waals surface area contributed by atoms with Crippen LogP contribution in [0.2, 0.25) is 10.2 Å². The van der Waals surface area contributed by atoms with Gasteiger partial charge in [0.05, 0.1) is 22.4 Å². The summed E-state index contributed by atoms with van der Waals surface area (Å²) in [5, 5.41) is 4.35. The molecule has 6 heteroatoms. The number of nitrogens with zero attached hydrogens (tertiary/aromatic N) is 2. The first-order valence-corrected chi connectivity index (χ1v) is 6.87. The second-order valence-corrected chi connectivity index (χ2v) is 5.12. The molecule has 2 aromatic heterocycles. The highest BCUT2D eigenvalue weighted by atomic mass is 35.5. The minimum atomic E-state index is -0.355. The van der Waals surface area contributed by atoms with Crippen molar-refractivity contribution >= 4 is 45.7 Å². The Bertz CT molecular complexity index is 819. The number of anilines is 1. The first-order chi connectivity index (χ1) is 10.1. The summed E-state index contributed by atoms with van der Waals surface area (Å²) in [5.41, 5.74) is 1.45. The fourth-order valence-electron chi connectivity index (χ4n) is 1.89. The molecule has 0 aliphatic heterocycles. The average molecular weight is 318 g/mol. The Morgan fingerprint density at radius 3 is 2.67 bits per heavy atom. The van der Waals surface area contributed by atoms with E-state index in [2.05, 4.69) is 15.3 Å². The largest absolute Gasteiger partial charge is 0.319 e. The molecule has 0 aliphatic carbocycles. The summed E-state index contributed by atoms with van der Waals surface area (Å²) >= 11 is 11.9. The third kappa shape index (κ3) is 2.96. The van der Waals surface area contributed by atoms with E-state index in [4.69, 9.17) is 23.2 Å². The predicted octanol–water partition coefficient (Wildman–Crippen LogP) is 4.19. The second-order valence-electron chi connectivity index (χ2n) is 4.33. The Hall–Kier alpha value is -2.17. The van der Waals surface area contributed by atoms with Gasteiger partial charge in [-0.3, -0.25) is 4.79 Å². The number of hydrogen-bond donors (Lipinski definition) is 1. The van der Waals surface area contributed by atoms with Gasteiger partial charge in [0, 0.05) is 5.39 Å². The van der Waals surface area contributed by atoms with Gasteiger partial charge in [0.15, 0.2) is 0 Å². The molecule has 1 N–H and O–H groups in total. The fraction of sp³-hybridized carbons (Fsp3) is 0. The number of carbonyl (C=O) groups is 1. The summed E-state index contributed by atoms with van der Waals surface area (Å²) in [6, 6.07) is 12.2. The van der Waals surface area contributed by atoms with Crippen LogP contribution in [0.5, 0.6) is 0 Å². The highest BCUT2D eigenvalue weighted by Crippen LogP contribution is 2.23. The van der Waals surface area contributed by atoms with Crippen LogP contribution < -0.4 is 5.32 Å². The smallest absolute Gasteiger partial charge is 0.274 e. The molecule has 0 radical (unpaired) electrons. The van der Waals surface area contributed by atoms with E-state index in [1.165, 1.54) is 6.20 Å². The average Bonchev–Trinajstić information content (AvgIpc) is 2.49. The van der Waals surface area contributed by atoms with Gasteiger partial charge < -0.3 is 5.32 Å². The van der Waals surface area contributed by atoms with Crippen LogP contribution in [0.1, 0.15) is 10.5 Å². The Kier molecular flexibility index (Phi) is 3.73. The SMILES string of the molecule is O=C(Nc1ccc(Cl)nc1)c1cc(Cl)c2ccccc2n1. The molecule has 0 atom stereocenters. The molecule has 0 bridgehead atoms. The maximum atomic E-state index is 12.2. The normalized spacial score (nSPS) is 10.6. The van der Waals surface area contributed by atoms with Gasteiger partial charge in [-0.05, 0) is 24.3 Å². The number of hydrogen-bond acceptors (Lipinski definition) is 3. The van der Waals surface area contributed by atoms with E-state index in [0.29, 0.717) is 21.4 Å². The molecular weight excluding hydrogens is 309 g/mol. The van der Waals surface area contributed by atoms with Crippen molar-refractivity contribution in [3.8, 4) is 0 Å². The van der Waals surface area contributed by atoms with Crippen molar-refractivity contribution in [1.29, 1.82) is 0 Å². The van der Waals surface area contributed by atoms with Crippen LogP contribution >= 0.6 is 23.2 Å². The molecule has 1 aromatic carbocycles. The number of rotatable bonds is 2. The molecule has 104 valence electrons. The number of para-hydroxylation sites is 1. The van der Waals surface area contributed by atoms with Crippen molar-refractivity contribution in [3.05, 3.63) is 64.5 Å². The lowest BCUT2D eigenvalue weighted by Gasteiger charge is -2.06. The van der Waals surface area contributed by atoms with E-state index in [1.807, 2.05) is 24.3 Å². The molecule has 0 unspecified atom stereocenters. The Balaban J connectivity index is 1.92. The summed E-state index contributed by atoms with van der Waals surface area (Å²) in [7, 11) is 0. The molecule has 0 saturated heterocycles. The van der Waals surface area contributed by atoms with Gasteiger partial charge in [0.2, 0.25) is 0 Å². The third-order valence-electron chi connectivity index (χ3n) is 2.88. The minimum absolute atomic E-state index is 0.244. The molecule has 0 aliphatic rings. The molecule has 0 fully saturated rings. The lowest BCUT2D eigenvalue weighted by molar-refractivity contribution is 0.102. The van der Waals surface area contributed by atoms with Gasteiger partial charge in [0.1, 0.15) is 10.8 Å². The molecule has 4 nitrogen and oxygen atoms in total. The molecule has 0 saturated carbocycles. The van der Waals surface area contributed by atoms with Crippen molar-refractivity contribution in [2.24, 2.45) is 0 Å². The summed E-state index contributed by atoms with van der Waals surface area (Å²) in [4.78, 5) is 20.4. The quantitative estimate of drug-likeness (QED) is 0.721. The van der Waals surface area contributed by atoms with Crippen molar-refractivity contribution in [3.63, 3.8) is 0 Å². The second kappa shape index (κ2) is 5.68. The number of pyridine rings is 2. The van der Waals surface area contributed by atoms with Crippen LogP contribution in [0, 0.1) is 0 Å². The third-order valence-corrected chi connectivity index (χ3v) is 3.42. The van der Waals surface area contributed by atoms with Crippen molar-refractivity contribution in [1.82, 2.24) is 9.97 Å². The number of carbonyl (C=O) groups excluding carboxylic acids is 1. The topological polar surface area (TPSA) is 54.9 Å². The summed E-state index contributed by atoms with van der Waals surface area (Å²) in [5.74, 6) is -0.355. The molecule has 3 rings (SSSR count). The number of aromatic nitrogens is 2. The van der Waals surface area contributed by atoms with Crippen molar-refractivity contribution in [2.75, 3.05) is 5.32 Å². The first-order valence-electron chi connectivity index (χ1n) is 6.12. The number of nitrogens with one attached hydrogen (secondary N) is 1. The van der Waals surface area contributed by atoms with Crippen molar-refractivity contribution in [2.45, 2.75) is 0 Å². The minimum Gasteiger partial charge on any atom is -0.319 e. The molecule has 1 amide bonds. The first kappa shape index (κ1) is 13.8. The Morgan fingerprint density at radius 2 is 1.90 bits per heavy atom. The number of benzene rings is 1. The highest BCUT2D eigenvalue weighted by Gasteiger charge is 2.11. The van der Waals surface area contributed by atoms with E-state index >= 15 is 0 Å². The monoisotopic (exact) mass is 317 g/mol. The fourth-order valence-corrected chi connectivity index (χ4v) is 2.27. The van der Waals surface area contributed by atoms with Gasteiger partial charge >= 0.3 is 0 Å². The van der Waals surface area contributed by atoms with Crippen LogP contribution in [0.25, 0.3) is 10.9 Å². The molecule has 21 heavy (non-hydrogen) atoms. The number of fused-ring (bicyclic) bond motifs is 1. The van der Waals surface area contributed by atoms with E-state index in [0.717, 1.165) is 5.39 Å². The Labute approximate surface area is 130 Å². The zero-order valence-corrected chi connectivity index (χ0v) is 12.2. The van der Waals surface area contributed by atoms with E-state index in [9.17, 15) is 4.79 Å². The van der Waals surface area contributed by atoms with E-state index in [-0.39, 0.29) is 11.6 Å². The maximum Gasteiger partial charge on any atom is 0.274 e. The summed E-state index contributed by atoms with van der Waals surface area (Å²) in [6.07, 6.45) is 1.48. The highest BCUT2D eigenvalue weighted by molar-refractivity contribution is 6.35. The standard InChI is InChI=1S/C15H9Cl2N3O/c16-11-7-13(20-12-4-2-1-3-10(11)12)15(21)19-9-5-6-14(17)18-8-9/h1-8H,(H,19,21). The van der Waals surface area contributed by atoms with Crippen molar-refractivity contribution < 1.29 is 4.79 Å². The van der Waals surface area contributed by atoms with Crippen LogP contribution in [-0.2, 0) is 0 Å².